The van der Waals surface area contributed by atoms with Crippen molar-refractivity contribution in [1.82, 2.24) is 4.57 Å². The van der Waals surface area contributed by atoms with Crippen LogP contribution in [-0.2, 0) is 19.3 Å². The molecular formula is C41H45N3O7. The van der Waals surface area contributed by atoms with Crippen LogP contribution in [0, 0.1) is 0 Å². The number of ketones is 3. The van der Waals surface area contributed by atoms with Gasteiger partial charge in [-0.15, -0.1) is 0 Å². The van der Waals surface area contributed by atoms with Crippen LogP contribution in [0.1, 0.15) is 129 Å². The lowest BCUT2D eigenvalue weighted by Gasteiger charge is -2.09. The topological polar surface area (TPSA) is 133 Å². The monoisotopic (exact) mass is 691 g/mol. The number of carbonyl (C=O) groups excluding carboxylic acids is 5. The predicted octanol–water partition coefficient (Wildman–Crippen LogP) is 9.01. The Morgan fingerprint density at radius 2 is 1.14 bits per heavy atom. The number of oxime groups is 2. The molecule has 0 amide bonds. The molecule has 0 bridgehead atoms. The molecule has 4 rings (SSSR count). The van der Waals surface area contributed by atoms with Gasteiger partial charge in [0.15, 0.2) is 5.78 Å². The maximum absolute atomic E-state index is 14.2. The molecule has 1 heterocycles. The van der Waals surface area contributed by atoms with Crippen molar-refractivity contribution in [2.75, 3.05) is 0 Å². The van der Waals surface area contributed by atoms with Crippen LogP contribution in [0.25, 0.3) is 16.6 Å². The molecular weight excluding hydrogens is 646 g/mol. The zero-order valence-electron chi connectivity index (χ0n) is 29.8. The smallest absolute Gasteiger partial charge is 0.318 e. The SMILES string of the molecule is CCCCCC/C(=N\OC(C)=O)C(=O)c1ccc2c(c1)c(C(=O)/C(CCCCCC)=N/OC(C)=O)cn2-c1ccc(C(=O)c2ccccc2)cc1. The number of aromatic nitrogens is 1. The number of hydrogen-bond acceptors (Lipinski definition) is 9. The van der Waals surface area contributed by atoms with Gasteiger partial charge in [0, 0.05) is 53.4 Å². The van der Waals surface area contributed by atoms with Crippen LogP contribution < -0.4 is 0 Å². The van der Waals surface area contributed by atoms with Crippen LogP contribution >= 0.6 is 0 Å². The van der Waals surface area contributed by atoms with Gasteiger partial charge in [-0.25, -0.2) is 9.59 Å². The number of fused-ring (bicyclic) bond motifs is 1. The Morgan fingerprint density at radius 1 is 0.608 bits per heavy atom. The van der Waals surface area contributed by atoms with Crippen molar-refractivity contribution in [3.8, 4) is 5.69 Å². The second-order valence-electron chi connectivity index (χ2n) is 12.4. The summed E-state index contributed by atoms with van der Waals surface area (Å²) in [6.07, 6.45) is 9.42. The number of rotatable bonds is 19. The number of hydrogen-bond donors (Lipinski definition) is 0. The summed E-state index contributed by atoms with van der Waals surface area (Å²) in [6.45, 7) is 6.61. The summed E-state index contributed by atoms with van der Waals surface area (Å²) < 4.78 is 1.81. The van der Waals surface area contributed by atoms with Crippen molar-refractivity contribution in [2.45, 2.75) is 91.9 Å². The lowest BCUT2D eigenvalue weighted by Crippen LogP contribution is -2.17. The number of benzene rings is 3. The molecule has 51 heavy (non-hydrogen) atoms. The first-order valence-electron chi connectivity index (χ1n) is 17.6. The highest BCUT2D eigenvalue weighted by atomic mass is 16.7. The van der Waals surface area contributed by atoms with E-state index in [-0.39, 0.29) is 28.3 Å². The summed E-state index contributed by atoms with van der Waals surface area (Å²) in [5.41, 5.74) is 3.10. The number of nitrogens with zero attached hydrogens (tertiary/aromatic N) is 3. The molecule has 0 atom stereocenters. The molecule has 10 nitrogen and oxygen atoms in total. The highest BCUT2D eigenvalue weighted by Crippen LogP contribution is 2.29. The average Bonchev–Trinajstić information content (AvgIpc) is 3.52. The molecule has 266 valence electrons. The molecule has 10 heteroatoms. The Kier molecular flexibility index (Phi) is 14.3. The zero-order chi connectivity index (χ0) is 36.8. The minimum atomic E-state index is -0.646. The molecule has 0 fully saturated rings. The van der Waals surface area contributed by atoms with E-state index in [9.17, 15) is 24.0 Å². The van der Waals surface area contributed by atoms with Crippen LogP contribution in [-0.4, -0.2) is 45.3 Å². The number of Topliss-reactive ketones (excluding diaryl/α,β-unsaturated/α-hetero) is 2. The molecule has 0 radical (unpaired) electrons. The Hall–Kier alpha value is -5.51. The first kappa shape index (κ1) is 38.3. The Labute approximate surface area is 298 Å². The molecule has 1 aromatic heterocycles. The van der Waals surface area contributed by atoms with E-state index < -0.39 is 23.5 Å². The summed E-state index contributed by atoms with van der Waals surface area (Å²) >= 11 is 0. The van der Waals surface area contributed by atoms with Crippen LogP contribution in [0.5, 0.6) is 0 Å². The quantitative estimate of drug-likeness (QED) is 0.0315. The van der Waals surface area contributed by atoms with Crippen molar-refractivity contribution in [3.63, 3.8) is 0 Å². The van der Waals surface area contributed by atoms with Crippen LogP contribution in [0.4, 0.5) is 0 Å². The lowest BCUT2D eigenvalue weighted by molar-refractivity contribution is -0.141. The Balaban J connectivity index is 1.81. The highest BCUT2D eigenvalue weighted by molar-refractivity contribution is 6.48. The molecule has 0 spiro atoms. The van der Waals surface area contributed by atoms with E-state index in [2.05, 4.69) is 24.2 Å². The van der Waals surface area contributed by atoms with Crippen LogP contribution in [0.3, 0.4) is 0 Å². The first-order chi connectivity index (χ1) is 24.6. The molecule has 0 saturated carbocycles. The largest absolute Gasteiger partial charge is 0.331 e. The third kappa shape index (κ3) is 10.5. The van der Waals surface area contributed by atoms with E-state index in [1.165, 1.54) is 13.8 Å². The second kappa shape index (κ2) is 19.0. The average molecular weight is 692 g/mol. The Morgan fingerprint density at radius 3 is 1.69 bits per heavy atom. The van der Waals surface area contributed by atoms with Crippen molar-refractivity contribution in [2.24, 2.45) is 10.3 Å². The minimum absolute atomic E-state index is 0.0916. The summed E-state index contributed by atoms with van der Waals surface area (Å²) in [7, 11) is 0. The van der Waals surface area contributed by atoms with Gasteiger partial charge in [0.1, 0.15) is 11.4 Å². The predicted molar refractivity (Wildman–Crippen MR) is 198 cm³/mol. The van der Waals surface area contributed by atoms with Gasteiger partial charge in [0.05, 0.1) is 5.52 Å². The third-order valence-electron chi connectivity index (χ3n) is 8.38. The summed E-state index contributed by atoms with van der Waals surface area (Å²) in [5.74, 6) is -2.26. The molecule has 0 unspecified atom stereocenters. The van der Waals surface area contributed by atoms with Crippen LogP contribution in [0.15, 0.2) is 89.3 Å². The fourth-order valence-corrected chi connectivity index (χ4v) is 5.70. The molecule has 3 aromatic carbocycles. The van der Waals surface area contributed by atoms with Crippen molar-refractivity contribution < 1.29 is 33.6 Å². The van der Waals surface area contributed by atoms with Gasteiger partial charge in [-0.2, -0.15) is 0 Å². The standard InChI is InChI=1S/C41H45N3O7/c1-5-7-9-14-18-36(42-50-28(3)45)40(48)32-22-25-38-34(26-32)35(41(49)37(43-51-29(4)46)19-15-10-8-6-2)27-44(38)33-23-20-31(21-24-33)39(47)30-16-12-11-13-17-30/h11-13,16-17,20-27H,5-10,14-15,18-19H2,1-4H3/b42-36+,43-37+. The van der Waals surface area contributed by atoms with Gasteiger partial charge in [0.25, 0.3) is 0 Å². The lowest BCUT2D eigenvalue weighted by atomic mass is 9.97. The molecule has 0 N–H and O–H groups in total. The maximum atomic E-state index is 14.2. The van der Waals surface area contributed by atoms with Crippen LogP contribution in [0.2, 0.25) is 0 Å². The highest BCUT2D eigenvalue weighted by Gasteiger charge is 2.24. The zero-order valence-corrected chi connectivity index (χ0v) is 29.8. The normalized spacial score (nSPS) is 11.8. The van der Waals surface area contributed by atoms with Gasteiger partial charge >= 0.3 is 11.9 Å². The van der Waals surface area contributed by atoms with E-state index in [1.54, 1.807) is 60.8 Å². The Bertz CT molecular complexity index is 1920. The maximum Gasteiger partial charge on any atom is 0.331 e. The van der Waals surface area contributed by atoms with E-state index in [1.807, 2.05) is 22.8 Å². The molecule has 0 saturated heterocycles. The van der Waals surface area contributed by atoms with Crippen molar-refractivity contribution in [1.29, 1.82) is 0 Å². The summed E-state index contributed by atoms with van der Waals surface area (Å²) in [5, 5.41) is 8.33. The second-order valence-corrected chi connectivity index (χ2v) is 12.4. The van der Waals surface area contributed by atoms with Crippen molar-refractivity contribution in [3.05, 3.63) is 101 Å². The summed E-state index contributed by atoms with van der Waals surface area (Å²) in [4.78, 5) is 74.2. The van der Waals surface area contributed by atoms with Gasteiger partial charge in [0.2, 0.25) is 11.6 Å². The molecule has 4 aromatic rings. The van der Waals surface area contributed by atoms with Gasteiger partial charge in [-0.05, 0) is 68.1 Å². The van der Waals surface area contributed by atoms with Crippen molar-refractivity contribution >= 4 is 51.6 Å². The fourth-order valence-electron chi connectivity index (χ4n) is 5.70. The first-order valence-corrected chi connectivity index (χ1v) is 17.6. The molecule has 0 aliphatic rings. The van der Waals surface area contributed by atoms with E-state index in [0.29, 0.717) is 53.4 Å². The fraction of sp³-hybridized carbons (Fsp3) is 0.341. The van der Waals surface area contributed by atoms with Gasteiger partial charge in [-0.1, -0.05) is 93.0 Å². The van der Waals surface area contributed by atoms with E-state index in [0.717, 1.165) is 38.5 Å². The van der Waals surface area contributed by atoms with E-state index >= 15 is 0 Å². The third-order valence-corrected chi connectivity index (χ3v) is 8.38. The minimum Gasteiger partial charge on any atom is -0.318 e. The van der Waals surface area contributed by atoms with Gasteiger partial charge in [-0.3, -0.25) is 14.4 Å². The molecule has 0 aliphatic carbocycles. The molecule has 0 aliphatic heterocycles. The number of unbranched alkanes of at least 4 members (excludes halogenated alkanes) is 6. The van der Waals surface area contributed by atoms with E-state index in [4.69, 9.17) is 9.68 Å². The summed E-state index contributed by atoms with van der Waals surface area (Å²) in [6, 6.07) is 21.1. The van der Waals surface area contributed by atoms with Gasteiger partial charge < -0.3 is 14.2 Å². The number of carbonyl (C=O) groups is 5.